The number of hydrogen-bond donors (Lipinski definition) is 3. The maximum atomic E-state index is 12.5. The fourth-order valence-electron chi connectivity index (χ4n) is 2.88. The van der Waals surface area contributed by atoms with E-state index in [2.05, 4.69) is 10.3 Å². The predicted molar refractivity (Wildman–Crippen MR) is 112 cm³/mol. The third kappa shape index (κ3) is 5.81. The molecular formula is C20H27N5O4. The molecule has 1 aromatic carbocycles. The molecule has 0 aliphatic rings. The number of anilines is 2. The quantitative estimate of drug-likeness (QED) is 0.567. The van der Waals surface area contributed by atoms with Crippen molar-refractivity contribution in [3.05, 3.63) is 56.7 Å². The Morgan fingerprint density at radius 1 is 1.21 bits per heavy atom. The highest BCUT2D eigenvalue weighted by molar-refractivity contribution is 5.95. The number of nitrogen functional groups attached to an aromatic ring is 1. The first-order valence-electron chi connectivity index (χ1n) is 9.55. The van der Waals surface area contributed by atoms with Crippen molar-refractivity contribution in [2.75, 3.05) is 24.2 Å². The van der Waals surface area contributed by atoms with Crippen LogP contribution in [-0.2, 0) is 22.6 Å². The van der Waals surface area contributed by atoms with Crippen molar-refractivity contribution in [2.24, 2.45) is 0 Å². The lowest BCUT2D eigenvalue weighted by atomic mass is 10.1. The smallest absolute Gasteiger partial charge is 0.330 e. The molecule has 0 fully saturated rings. The van der Waals surface area contributed by atoms with Gasteiger partial charge in [0.1, 0.15) is 5.82 Å². The summed E-state index contributed by atoms with van der Waals surface area (Å²) in [5, 5.41) is 2.69. The van der Waals surface area contributed by atoms with E-state index in [4.69, 9.17) is 5.73 Å². The van der Waals surface area contributed by atoms with Crippen molar-refractivity contribution in [3.63, 3.8) is 0 Å². The van der Waals surface area contributed by atoms with E-state index in [0.717, 1.165) is 16.9 Å². The number of aromatic amines is 1. The number of H-pyrrole nitrogens is 1. The van der Waals surface area contributed by atoms with Gasteiger partial charge in [0.05, 0.1) is 6.42 Å². The van der Waals surface area contributed by atoms with Crippen molar-refractivity contribution in [1.82, 2.24) is 14.9 Å². The fraction of sp³-hybridized carbons (Fsp3) is 0.400. The zero-order chi connectivity index (χ0) is 21.4. The van der Waals surface area contributed by atoms with Gasteiger partial charge < -0.3 is 16.0 Å². The van der Waals surface area contributed by atoms with E-state index in [1.165, 1.54) is 11.6 Å². The van der Waals surface area contributed by atoms with Crippen molar-refractivity contribution in [1.29, 1.82) is 0 Å². The molecular weight excluding hydrogens is 374 g/mol. The number of nitrogens with one attached hydrogen (secondary N) is 2. The summed E-state index contributed by atoms with van der Waals surface area (Å²) in [6.45, 7) is 2.44. The SMILES string of the molecule is CCCCn1c(N)c(N(C)C(=O)CCNC(=O)Cc2ccccc2)c(=O)[nH]c1=O. The molecule has 0 unspecified atom stereocenters. The first kappa shape index (κ1) is 21.9. The molecule has 1 heterocycles. The molecule has 4 N–H and O–H groups in total. The molecule has 9 nitrogen and oxygen atoms in total. The van der Waals surface area contributed by atoms with Gasteiger partial charge in [-0.15, -0.1) is 0 Å². The van der Waals surface area contributed by atoms with Crippen LogP contribution in [0.2, 0.25) is 0 Å². The van der Waals surface area contributed by atoms with E-state index in [9.17, 15) is 19.2 Å². The van der Waals surface area contributed by atoms with E-state index < -0.39 is 17.2 Å². The summed E-state index contributed by atoms with van der Waals surface area (Å²) in [4.78, 5) is 52.0. The van der Waals surface area contributed by atoms with E-state index in [0.29, 0.717) is 13.0 Å². The van der Waals surface area contributed by atoms with Crippen LogP contribution in [0.5, 0.6) is 0 Å². The molecule has 0 saturated heterocycles. The Morgan fingerprint density at radius 2 is 1.90 bits per heavy atom. The lowest BCUT2D eigenvalue weighted by Gasteiger charge is -2.20. The highest BCUT2D eigenvalue weighted by Gasteiger charge is 2.20. The van der Waals surface area contributed by atoms with Crippen LogP contribution in [0.25, 0.3) is 0 Å². The summed E-state index contributed by atoms with van der Waals surface area (Å²) >= 11 is 0. The van der Waals surface area contributed by atoms with Gasteiger partial charge in [-0.05, 0) is 12.0 Å². The third-order valence-electron chi connectivity index (χ3n) is 4.53. The average molecular weight is 401 g/mol. The van der Waals surface area contributed by atoms with Gasteiger partial charge in [-0.2, -0.15) is 0 Å². The Morgan fingerprint density at radius 3 is 2.55 bits per heavy atom. The van der Waals surface area contributed by atoms with Gasteiger partial charge in [-0.3, -0.25) is 23.9 Å². The Balaban J connectivity index is 2.00. The highest BCUT2D eigenvalue weighted by atomic mass is 16.2. The molecule has 0 aliphatic heterocycles. The number of nitrogens with zero attached hydrogens (tertiary/aromatic N) is 2. The number of benzene rings is 1. The number of amides is 2. The molecule has 29 heavy (non-hydrogen) atoms. The maximum absolute atomic E-state index is 12.5. The second-order valence-electron chi connectivity index (χ2n) is 6.71. The van der Waals surface area contributed by atoms with Crippen LogP contribution in [0.15, 0.2) is 39.9 Å². The van der Waals surface area contributed by atoms with Crippen LogP contribution in [0.4, 0.5) is 11.5 Å². The van der Waals surface area contributed by atoms with E-state index in [1.54, 1.807) is 0 Å². The van der Waals surface area contributed by atoms with Crippen molar-refractivity contribution in [2.45, 2.75) is 39.2 Å². The topological polar surface area (TPSA) is 130 Å². The van der Waals surface area contributed by atoms with Crippen LogP contribution in [0.3, 0.4) is 0 Å². The van der Waals surface area contributed by atoms with Crippen LogP contribution >= 0.6 is 0 Å². The molecule has 0 bridgehead atoms. The number of carbonyl (C=O) groups is 2. The first-order chi connectivity index (χ1) is 13.8. The fourth-order valence-corrected chi connectivity index (χ4v) is 2.88. The van der Waals surface area contributed by atoms with E-state index >= 15 is 0 Å². The first-order valence-corrected chi connectivity index (χ1v) is 9.55. The maximum Gasteiger partial charge on any atom is 0.330 e. The zero-order valence-corrected chi connectivity index (χ0v) is 16.7. The molecule has 1 aromatic heterocycles. The molecule has 2 rings (SSSR count). The summed E-state index contributed by atoms with van der Waals surface area (Å²) in [6.07, 6.45) is 1.77. The summed E-state index contributed by atoms with van der Waals surface area (Å²) in [6, 6.07) is 9.27. The van der Waals surface area contributed by atoms with Crippen molar-refractivity contribution < 1.29 is 9.59 Å². The van der Waals surface area contributed by atoms with Crippen LogP contribution < -0.4 is 27.2 Å². The second kappa shape index (κ2) is 10.3. The van der Waals surface area contributed by atoms with E-state index in [1.807, 2.05) is 37.3 Å². The summed E-state index contributed by atoms with van der Waals surface area (Å²) in [5.41, 5.74) is 5.50. The standard InChI is InChI=1S/C20H27N5O4/c1-3-4-12-25-18(21)17(19(28)23-20(25)29)24(2)16(27)10-11-22-15(26)13-14-8-6-5-7-9-14/h5-9H,3-4,10-13,21H2,1-2H3,(H,22,26)(H,23,28,29). The molecule has 2 amide bonds. The van der Waals surface area contributed by atoms with Crippen LogP contribution in [-0.4, -0.2) is 35.0 Å². The Kier molecular flexibility index (Phi) is 7.76. The minimum absolute atomic E-state index is 0.00992. The molecule has 2 aromatic rings. The third-order valence-corrected chi connectivity index (χ3v) is 4.53. The van der Waals surface area contributed by atoms with Gasteiger partial charge >= 0.3 is 5.69 Å². The second-order valence-corrected chi connectivity index (χ2v) is 6.71. The molecule has 0 aliphatic carbocycles. The zero-order valence-electron chi connectivity index (χ0n) is 16.7. The van der Waals surface area contributed by atoms with Crippen molar-refractivity contribution in [3.8, 4) is 0 Å². The van der Waals surface area contributed by atoms with Gasteiger partial charge in [0.2, 0.25) is 11.8 Å². The van der Waals surface area contributed by atoms with Crippen LogP contribution in [0.1, 0.15) is 31.7 Å². The highest BCUT2D eigenvalue weighted by Crippen LogP contribution is 2.16. The summed E-state index contributed by atoms with van der Waals surface area (Å²) < 4.78 is 1.26. The number of aromatic nitrogens is 2. The Bertz CT molecular complexity index is 965. The lowest BCUT2D eigenvalue weighted by molar-refractivity contribution is -0.121. The van der Waals surface area contributed by atoms with Gasteiger partial charge in [-0.1, -0.05) is 43.7 Å². The molecule has 156 valence electrons. The molecule has 0 radical (unpaired) electrons. The number of carbonyl (C=O) groups excluding carboxylic acids is 2. The summed E-state index contributed by atoms with van der Waals surface area (Å²) in [5.74, 6) is -0.642. The van der Waals surface area contributed by atoms with E-state index in [-0.39, 0.29) is 36.8 Å². The van der Waals surface area contributed by atoms with Crippen LogP contribution in [0, 0.1) is 0 Å². The monoisotopic (exact) mass is 401 g/mol. The minimum atomic E-state index is -0.718. The van der Waals surface area contributed by atoms with Gasteiger partial charge in [0, 0.05) is 26.6 Å². The minimum Gasteiger partial charge on any atom is -0.383 e. The normalized spacial score (nSPS) is 10.6. The lowest BCUT2D eigenvalue weighted by Crippen LogP contribution is -2.40. The largest absolute Gasteiger partial charge is 0.383 e. The summed E-state index contributed by atoms with van der Waals surface area (Å²) in [7, 11) is 1.42. The Labute approximate surface area is 168 Å². The van der Waals surface area contributed by atoms with Gasteiger partial charge in [-0.25, -0.2) is 4.79 Å². The number of rotatable bonds is 9. The Hall–Kier alpha value is -3.36. The van der Waals surface area contributed by atoms with Gasteiger partial charge in [0.15, 0.2) is 5.69 Å². The average Bonchev–Trinajstić information content (AvgIpc) is 2.68. The number of nitrogens with two attached hydrogens (primary N) is 1. The van der Waals surface area contributed by atoms with Crippen molar-refractivity contribution >= 4 is 23.3 Å². The van der Waals surface area contributed by atoms with Gasteiger partial charge in [0.25, 0.3) is 5.56 Å². The molecule has 0 saturated carbocycles. The predicted octanol–water partition coefficient (Wildman–Crippen LogP) is 0.631. The number of unbranched alkanes of at least 4 members (excludes halogenated alkanes) is 1. The molecule has 9 heteroatoms. The number of hydrogen-bond acceptors (Lipinski definition) is 5. The molecule has 0 spiro atoms. The molecule has 0 atom stereocenters.